The fourth-order valence-corrected chi connectivity index (χ4v) is 5.80. The maximum absolute atomic E-state index is 10.6. The van der Waals surface area contributed by atoms with Crippen LogP contribution in [0, 0.1) is 23.2 Å². The van der Waals surface area contributed by atoms with Crippen LogP contribution in [0.3, 0.4) is 0 Å². The van der Waals surface area contributed by atoms with E-state index in [0.717, 1.165) is 50.5 Å². The van der Waals surface area contributed by atoms with E-state index in [-0.39, 0.29) is 12.5 Å². The number of aliphatic carboxylic acids is 1. The summed E-state index contributed by atoms with van der Waals surface area (Å²) in [5, 5.41) is 22.9. The first-order chi connectivity index (χ1) is 14.4. The summed E-state index contributed by atoms with van der Waals surface area (Å²) in [5.41, 5.74) is 0.442. The Kier molecular flexibility index (Phi) is 10.9. The van der Waals surface area contributed by atoms with Gasteiger partial charge in [-0.3, -0.25) is 4.79 Å². The molecule has 0 aromatic heterocycles. The van der Waals surface area contributed by atoms with Crippen molar-refractivity contribution in [2.75, 3.05) is 6.54 Å². The number of aliphatic hydroxyl groups excluding tert-OH is 1. The first kappa shape index (κ1) is 25.4. The average Bonchev–Trinajstić information content (AvgIpc) is 2.71. The van der Waals surface area contributed by atoms with Gasteiger partial charge in [0, 0.05) is 19.0 Å². The van der Waals surface area contributed by atoms with Gasteiger partial charge in [0.05, 0.1) is 6.10 Å². The second kappa shape index (κ2) is 12.9. The number of carbonyl (C=O) groups is 1. The Bertz CT molecular complexity index is 530. The zero-order valence-electron chi connectivity index (χ0n) is 19.7. The predicted molar refractivity (Wildman–Crippen MR) is 125 cm³/mol. The number of carboxylic acids is 1. The lowest BCUT2D eigenvalue weighted by Crippen LogP contribution is -2.61. The van der Waals surface area contributed by atoms with Crippen LogP contribution >= 0.6 is 0 Å². The van der Waals surface area contributed by atoms with E-state index in [0.29, 0.717) is 17.4 Å². The highest BCUT2D eigenvalue weighted by Gasteiger charge is 2.56. The third kappa shape index (κ3) is 7.67. The Morgan fingerprint density at radius 3 is 2.53 bits per heavy atom. The van der Waals surface area contributed by atoms with Crippen molar-refractivity contribution in [2.45, 2.75) is 116 Å². The van der Waals surface area contributed by atoms with Crippen LogP contribution in [0.15, 0.2) is 12.2 Å². The topological polar surface area (TPSA) is 69.6 Å². The quantitative estimate of drug-likeness (QED) is 0.213. The first-order valence-electron chi connectivity index (χ1n) is 12.6. The fraction of sp³-hybridized carbons (Fsp3) is 0.885. The van der Waals surface area contributed by atoms with E-state index in [1.807, 2.05) is 0 Å². The molecule has 3 saturated carbocycles. The van der Waals surface area contributed by atoms with Crippen molar-refractivity contribution < 1.29 is 15.0 Å². The van der Waals surface area contributed by atoms with Crippen molar-refractivity contribution in [1.29, 1.82) is 0 Å². The van der Waals surface area contributed by atoms with E-state index in [1.165, 1.54) is 44.9 Å². The maximum atomic E-state index is 10.6. The minimum atomic E-state index is -0.707. The summed E-state index contributed by atoms with van der Waals surface area (Å²) in [4.78, 5) is 10.6. The molecule has 0 heterocycles. The number of nitrogens with one attached hydrogen (secondary N) is 1. The number of unbranched alkanes of at least 4 members (excludes halogenated alkanes) is 6. The Balaban J connectivity index is 1.73. The van der Waals surface area contributed by atoms with Gasteiger partial charge in [-0.1, -0.05) is 71.4 Å². The number of carboxylic acid groups (broad SMARTS) is 1. The van der Waals surface area contributed by atoms with Gasteiger partial charge < -0.3 is 15.5 Å². The molecule has 3 N–H and O–H groups in total. The monoisotopic (exact) mass is 421 g/mol. The number of allylic oxidation sites excluding steroid dienone is 2. The highest BCUT2D eigenvalue weighted by Crippen LogP contribution is 2.62. The molecule has 4 nitrogen and oxygen atoms in total. The van der Waals surface area contributed by atoms with Crippen LogP contribution in [-0.2, 0) is 4.79 Å². The second-order valence-electron chi connectivity index (χ2n) is 10.5. The summed E-state index contributed by atoms with van der Waals surface area (Å²) in [6.45, 7) is 7.82. The zero-order chi connectivity index (χ0) is 22.0. The van der Waals surface area contributed by atoms with Crippen LogP contribution in [0.1, 0.15) is 104 Å². The molecule has 0 aromatic carbocycles. The zero-order valence-corrected chi connectivity index (χ0v) is 19.7. The number of hydrogen-bond donors (Lipinski definition) is 3. The van der Waals surface area contributed by atoms with E-state index in [2.05, 4.69) is 38.2 Å². The lowest BCUT2D eigenvalue weighted by Gasteiger charge is -2.63. The lowest BCUT2D eigenvalue weighted by atomic mass is 9.44. The van der Waals surface area contributed by atoms with Crippen LogP contribution in [-0.4, -0.2) is 34.9 Å². The smallest absolute Gasteiger partial charge is 0.303 e. The van der Waals surface area contributed by atoms with Gasteiger partial charge in [0.2, 0.25) is 0 Å². The molecule has 0 spiro atoms. The predicted octanol–water partition coefficient (Wildman–Crippen LogP) is 5.94. The molecule has 4 heteroatoms. The molecule has 3 aliphatic rings. The van der Waals surface area contributed by atoms with Crippen molar-refractivity contribution in [1.82, 2.24) is 5.32 Å². The number of rotatable bonds is 16. The van der Waals surface area contributed by atoms with Crippen LogP contribution < -0.4 is 5.32 Å². The summed E-state index contributed by atoms with van der Waals surface area (Å²) in [6.07, 6.45) is 18.2. The van der Waals surface area contributed by atoms with Crippen LogP contribution in [0.5, 0.6) is 0 Å². The van der Waals surface area contributed by atoms with E-state index in [9.17, 15) is 9.90 Å². The van der Waals surface area contributed by atoms with Crippen LogP contribution in [0.4, 0.5) is 0 Å². The Labute approximate surface area is 184 Å². The van der Waals surface area contributed by atoms with Crippen molar-refractivity contribution >= 4 is 5.97 Å². The second-order valence-corrected chi connectivity index (χ2v) is 10.5. The molecule has 0 aliphatic heterocycles. The van der Waals surface area contributed by atoms with Gasteiger partial charge in [-0.05, 0) is 61.7 Å². The Morgan fingerprint density at radius 1 is 1.10 bits per heavy atom. The molecule has 5 atom stereocenters. The van der Waals surface area contributed by atoms with E-state index in [4.69, 9.17) is 5.11 Å². The van der Waals surface area contributed by atoms with Gasteiger partial charge in [0.1, 0.15) is 0 Å². The molecule has 174 valence electrons. The number of hydrogen-bond acceptors (Lipinski definition) is 3. The van der Waals surface area contributed by atoms with E-state index < -0.39 is 5.97 Å². The van der Waals surface area contributed by atoms with E-state index in [1.54, 1.807) is 0 Å². The molecule has 3 rings (SSSR count). The number of aliphatic hydroxyl groups is 1. The molecule has 2 bridgehead atoms. The highest BCUT2D eigenvalue weighted by molar-refractivity contribution is 5.66. The Morgan fingerprint density at radius 2 is 1.83 bits per heavy atom. The molecule has 0 saturated heterocycles. The summed E-state index contributed by atoms with van der Waals surface area (Å²) < 4.78 is 0. The molecular formula is C26H47NO3. The lowest BCUT2D eigenvalue weighted by molar-refractivity contribution is -0.137. The number of fused-ring (bicyclic) bond motifs is 2. The summed E-state index contributed by atoms with van der Waals surface area (Å²) >= 11 is 0. The van der Waals surface area contributed by atoms with Crippen molar-refractivity contribution in [3.8, 4) is 0 Å². The molecule has 0 aromatic rings. The van der Waals surface area contributed by atoms with Crippen molar-refractivity contribution in [3.05, 3.63) is 12.2 Å². The van der Waals surface area contributed by atoms with E-state index >= 15 is 0 Å². The van der Waals surface area contributed by atoms with Crippen LogP contribution in [0.2, 0.25) is 0 Å². The van der Waals surface area contributed by atoms with Gasteiger partial charge in [-0.2, -0.15) is 0 Å². The summed E-state index contributed by atoms with van der Waals surface area (Å²) in [7, 11) is 0. The third-order valence-corrected chi connectivity index (χ3v) is 7.96. The standard InChI is InChI=1S/C26H47NO3/c1-4-5-6-7-8-11-14-21(28)19-27-24-18-20-17-23(26(20,2)3)22(24)15-12-9-10-13-16-25(29)30/h9,12,20-24,27-28H,4-8,10-11,13-19H2,1-3H3,(H,29,30)/b12-9-/t20-,21?,22-,23?,24?/m0/s1. The molecular weight excluding hydrogens is 374 g/mol. The molecule has 3 aliphatic carbocycles. The molecule has 0 radical (unpaired) electrons. The molecule has 3 fully saturated rings. The minimum absolute atomic E-state index is 0.227. The third-order valence-electron chi connectivity index (χ3n) is 7.96. The SMILES string of the molecule is CCCCCCCCC(O)CNC1C[C@@H]2CC([C@@H]1C/C=C\CCCC(=O)O)C2(C)C. The average molecular weight is 422 g/mol. The highest BCUT2D eigenvalue weighted by atomic mass is 16.4. The summed E-state index contributed by atoms with van der Waals surface area (Å²) in [6, 6.07) is 0.504. The van der Waals surface area contributed by atoms with Gasteiger partial charge in [0.15, 0.2) is 0 Å². The van der Waals surface area contributed by atoms with Gasteiger partial charge >= 0.3 is 5.97 Å². The van der Waals surface area contributed by atoms with Crippen molar-refractivity contribution in [3.63, 3.8) is 0 Å². The minimum Gasteiger partial charge on any atom is -0.481 e. The van der Waals surface area contributed by atoms with Gasteiger partial charge in [0.25, 0.3) is 0 Å². The Hall–Kier alpha value is -0.870. The fourth-order valence-electron chi connectivity index (χ4n) is 5.80. The first-order valence-corrected chi connectivity index (χ1v) is 12.6. The van der Waals surface area contributed by atoms with Crippen LogP contribution in [0.25, 0.3) is 0 Å². The molecule has 30 heavy (non-hydrogen) atoms. The van der Waals surface area contributed by atoms with Gasteiger partial charge in [-0.25, -0.2) is 0 Å². The molecule has 0 amide bonds. The largest absolute Gasteiger partial charge is 0.481 e. The maximum Gasteiger partial charge on any atom is 0.303 e. The van der Waals surface area contributed by atoms with Crippen molar-refractivity contribution in [2.24, 2.45) is 23.2 Å². The summed E-state index contributed by atoms with van der Waals surface area (Å²) in [5.74, 6) is 1.49. The normalized spacial score (nSPS) is 28.4. The molecule has 3 unspecified atom stereocenters. The van der Waals surface area contributed by atoms with Gasteiger partial charge in [-0.15, -0.1) is 0 Å².